The van der Waals surface area contributed by atoms with Gasteiger partial charge in [-0.3, -0.25) is 9.89 Å². The quantitative estimate of drug-likeness (QED) is 0.680. The van der Waals surface area contributed by atoms with Crippen LogP contribution < -0.4 is 5.32 Å². The summed E-state index contributed by atoms with van der Waals surface area (Å²) in [6.07, 6.45) is 1.43. The van der Waals surface area contributed by atoms with E-state index in [4.69, 9.17) is 0 Å². The first-order valence-electron chi connectivity index (χ1n) is 8.70. The fourth-order valence-electron chi connectivity index (χ4n) is 3.55. The van der Waals surface area contributed by atoms with Crippen molar-refractivity contribution in [3.8, 4) is 11.5 Å². The van der Waals surface area contributed by atoms with Gasteiger partial charge in [0.25, 0.3) is 0 Å². The lowest BCUT2D eigenvalue weighted by atomic mass is 9.78. The molecule has 0 saturated carbocycles. The molecule has 0 atom stereocenters. The molecule has 0 unspecified atom stereocenters. The molecule has 3 heterocycles. The molecule has 0 radical (unpaired) electrons. The maximum absolute atomic E-state index is 11.9. The third-order valence-electron chi connectivity index (χ3n) is 4.73. The zero-order valence-corrected chi connectivity index (χ0v) is 15.0. The number of nitrogens with zero attached hydrogens (tertiary/aromatic N) is 2. The number of imidazole rings is 1. The fraction of sp³-hybridized carbons (Fsp3) is 0.421. The van der Waals surface area contributed by atoms with Crippen LogP contribution in [0.5, 0.6) is 0 Å². The molecule has 1 aromatic carbocycles. The predicted octanol–water partition coefficient (Wildman–Crippen LogP) is 3.77. The second-order valence-corrected chi connectivity index (χ2v) is 7.98. The van der Waals surface area contributed by atoms with Gasteiger partial charge in [-0.2, -0.15) is 5.10 Å². The van der Waals surface area contributed by atoms with Gasteiger partial charge in [0, 0.05) is 17.5 Å². The topological polar surface area (TPSA) is 86.5 Å². The number of anilines is 1. The summed E-state index contributed by atoms with van der Waals surface area (Å²) in [5.41, 5.74) is 5.54. The van der Waals surface area contributed by atoms with Crippen LogP contribution in [-0.4, -0.2) is 26.1 Å². The molecule has 4 rings (SSSR count). The minimum absolute atomic E-state index is 0.0551. The summed E-state index contributed by atoms with van der Waals surface area (Å²) < 4.78 is 0. The molecule has 1 aliphatic rings. The van der Waals surface area contributed by atoms with Gasteiger partial charge in [0.15, 0.2) is 5.82 Å². The minimum Gasteiger partial charge on any atom is -0.337 e. The lowest BCUT2D eigenvalue weighted by Gasteiger charge is -2.31. The van der Waals surface area contributed by atoms with Gasteiger partial charge < -0.3 is 10.3 Å². The highest BCUT2D eigenvalue weighted by Gasteiger charge is 2.32. The molecule has 1 amide bonds. The molecular weight excluding hydrogens is 314 g/mol. The number of fused-ring (bicyclic) bond motifs is 2. The monoisotopic (exact) mass is 337 g/mol. The highest BCUT2D eigenvalue weighted by Crippen LogP contribution is 2.39. The van der Waals surface area contributed by atoms with E-state index in [2.05, 4.69) is 59.2 Å². The lowest BCUT2D eigenvalue weighted by Crippen LogP contribution is -2.32. The van der Waals surface area contributed by atoms with Gasteiger partial charge >= 0.3 is 0 Å². The Morgan fingerprint density at radius 3 is 2.80 bits per heavy atom. The first-order valence-corrected chi connectivity index (χ1v) is 8.70. The maximum atomic E-state index is 11.9. The standard InChI is InChI=1S/C19H23N5O/c1-10(2)5-11-6-16(24-23-11)18-21-14-7-12-13(8-15(14)22-18)20-17(25)9-19(12,3)4/h6-8,10H,5,9H2,1-4H3,(H,20,25)(H,21,22)(H,23,24). The van der Waals surface area contributed by atoms with Gasteiger partial charge in [-0.05, 0) is 36.1 Å². The van der Waals surface area contributed by atoms with Crippen molar-refractivity contribution >= 4 is 22.6 Å². The van der Waals surface area contributed by atoms with E-state index < -0.39 is 0 Å². The molecule has 0 saturated heterocycles. The zero-order valence-electron chi connectivity index (χ0n) is 15.0. The van der Waals surface area contributed by atoms with Crippen LogP contribution in [0.1, 0.15) is 45.4 Å². The smallest absolute Gasteiger partial charge is 0.225 e. The Labute approximate surface area is 146 Å². The number of aromatic nitrogens is 4. The summed E-state index contributed by atoms with van der Waals surface area (Å²) in [4.78, 5) is 20.0. The Morgan fingerprint density at radius 1 is 1.24 bits per heavy atom. The van der Waals surface area contributed by atoms with Crippen molar-refractivity contribution < 1.29 is 4.79 Å². The Kier molecular flexibility index (Phi) is 3.45. The molecule has 0 fully saturated rings. The summed E-state index contributed by atoms with van der Waals surface area (Å²) in [5.74, 6) is 1.38. The van der Waals surface area contributed by atoms with E-state index >= 15 is 0 Å². The largest absolute Gasteiger partial charge is 0.337 e. The highest BCUT2D eigenvalue weighted by molar-refractivity contribution is 5.98. The number of amides is 1. The van der Waals surface area contributed by atoms with Crippen molar-refractivity contribution in [2.45, 2.75) is 46.0 Å². The first kappa shape index (κ1) is 15.9. The lowest BCUT2D eigenvalue weighted by molar-refractivity contribution is -0.117. The van der Waals surface area contributed by atoms with E-state index in [1.54, 1.807) is 0 Å². The number of hydrogen-bond acceptors (Lipinski definition) is 3. The van der Waals surface area contributed by atoms with Gasteiger partial charge in [0.2, 0.25) is 5.91 Å². The number of nitrogens with one attached hydrogen (secondary N) is 3. The molecule has 0 bridgehead atoms. The van der Waals surface area contributed by atoms with Crippen LogP contribution in [0.15, 0.2) is 18.2 Å². The first-order chi connectivity index (χ1) is 11.8. The number of benzene rings is 1. The number of H-pyrrole nitrogens is 2. The summed E-state index contributed by atoms with van der Waals surface area (Å²) >= 11 is 0. The second kappa shape index (κ2) is 5.44. The molecule has 130 valence electrons. The van der Waals surface area contributed by atoms with Crippen molar-refractivity contribution in [1.29, 1.82) is 0 Å². The number of hydrogen-bond donors (Lipinski definition) is 3. The van der Waals surface area contributed by atoms with Gasteiger partial charge in [-0.15, -0.1) is 0 Å². The molecule has 0 spiro atoms. The third kappa shape index (κ3) is 2.81. The Balaban J connectivity index is 1.76. The summed E-state index contributed by atoms with van der Waals surface area (Å²) in [6, 6.07) is 6.10. The van der Waals surface area contributed by atoms with Crippen molar-refractivity contribution in [3.05, 3.63) is 29.5 Å². The molecule has 3 aromatic rings. The van der Waals surface area contributed by atoms with E-state index in [1.807, 2.05) is 12.1 Å². The SMILES string of the molecule is CC(C)Cc1cc(-c2nc3cc4c(cc3[nH]2)C(C)(C)CC(=O)N4)[nH]n1. The van der Waals surface area contributed by atoms with Crippen molar-refractivity contribution in [2.75, 3.05) is 5.32 Å². The number of rotatable bonds is 3. The summed E-state index contributed by atoms with van der Waals surface area (Å²) in [7, 11) is 0. The van der Waals surface area contributed by atoms with E-state index in [0.29, 0.717) is 12.3 Å². The average Bonchev–Trinajstić information content (AvgIpc) is 3.09. The zero-order chi connectivity index (χ0) is 17.8. The Hall–Kier alpha value is -2.63. The third-order valence-corrected chi connectivity index (χ3v) is 4.73. The van der Waals surface area contributed by atoms with Gasteiger partial charge in [0.1, 0.15) is 5.69 Å². The summed E-state index contributed by atoms with van der Waals surface area (Å²) in [5, 5.41) is 10.4. The molecule has 3 N–H and O–H groups in total. The molecule has 25 heavy (non-hydrogen) atoms. The maximum Gasteiger partial charge on any atom is 0.225 e. The molecule has 6 heteroatoms. The van der Waals surface area contributed by atoms with Gasteiger partial charge in [-0.1, -0.05) is 27.7 Å². The van der Waals surface area contributed by atoms with E-state index in [0.717, 1.165) is 45.9 Å². The van der Waals surface area contributed by atoms with Crippen LogP contribution in [-0.2, 0) is 16.6 Å². The van der Waals surface area contributed by atoms with E-state index in [1.165, 1.54) is 0 Å². The van der Waals surface area contributed by atoms with Crippen LogP contribution >= 0.6 is 0 Å². The minimum atomic E-state index is -0.185. The van der Waals surface area contributed by atoms with Crippen molar-refractivity contribution in [2.24, 2.45) is 5.92 Å². The predicted molar refractivity (Wildman–Crippen MR) is 98.5 cm³/mol. The van der Waals surface area contributed by atoms with Crippen LogP contribution in [0.25, 0.3) is 22.6 Å². The molecule has 0 aliphatic carbocycles. The summed E-state index contributed by atoms with van der Waals surface area (Å²) in [6.45, 7) is 8.55. The van der Waals surface area contributed by atoms with Crippen LogP contribution in [0.3, 0.4) is 0 Å². The average molecular weight is 337 g/mol. The second-order valence-electron chi connectivity index (χ2n) is 7.98. The Morgan fingerprint density at radius 2 is 2.04 bits per heavy atom. The van der Waals surface area contributed by atoms with E-state index in [-0.39, 0.29) is 11.3 Å². The van der Waals surface area contributed by atoms with Crippen molar-refractivity contribution in [1.82, 2.24) is 20.2 Å². The molecular formula is C19H23N5O. The van der Waals surface area contributed by atoms with E-state index in [9.17, 15) is 4.79 Å². The van der Waals surface area contributed by atoms with Gasteiger partial charge in [0.05, 0.1) is 16.7 Å². The van der Waals surface area contributed by atoms with Crippen LogP contribution in [0, 0.1) is 5.92 Å². The normalized spacial score (nSPS) is 16.3. The number of carbonyl (C=O) groups excluding carboxylic acids is 1. The van der Waals surface area contributed by atoms with Crippen LogP contribution in [0.2, 0.25) is 0 Å². The van der Waals surface area contributed by atoms with Crippen LogP contribution in [0.4, 0.5) is 5.69 Å². The highest BCUT2D eigenvalue weighted by atomic mass is 16.1. The van der Waals surface area contributed by atoms with Gasteiger partial charge in [-0.25, -0.2) is 4.98 Å². The molecule has 1 aliphatic heterocycles. The van der Waals surface area contributed by atoms with Crippen molar-refractivity contribution in [3.63, 3.8) is 0 Å². The molecule has 2 aromatic heterocycles. The number of carbonyl (C=O) groups is 1. The Bertz CT molecular complexity index is 964. The fourth-order valence-corrected chi connectivity index (χ4v) is 3.55. The number of aromatic amines is 2. The molecule has 6 nitrogen and oxygen atoms in total.